The lowest BCUT2D eigenvalue weighted by atomic mass is 10.1. The topological polar surface area (TPSA) is 72.2 Å². The predicted octanol–water partition coefficient (Wildman–Crippen LogP) is 6.68. The fourth-order valence-corrected chi connectivity index (χ4v) is 3.25. The number of nitro benzene ring substituents is 1. The van der Waals surface area contributed by atoms with Crippen molar-refractivity contribution in [1.82, 2.24) is 5.32 Å². The van der Waals surface area contributed by atoms with Gasteiger partial charge in [-0.25, -0.2) is 0 Å². The maximum absolute atomic E-state index is 12.1. The van der Waals surface area contributed by atoms with Crippen LogP contribution in [0.1, 0.15) is 94.3 Å². The fraction of sp³-hybridized carbons (Fsp3) is 0.667. The van der Waals surface area contributed by atoms with E-state index in [1.165, 1.54) is 82.4 Å². The summed E-state index contributed by atoms with van der Waals surface area (Å²) in [6.07, 6.45) is 15.3. The van der Waals surface area contributed by atoms with Gasteiger partial charge in [0.15, 0.2) is 0 Å². The number of hydrogen-bond donors (Lipinski definition) is 1. The molecule has 0 aliphatic rings. The van der Waals surface area contributed by atoms with Crippen molar-refractivity contribution in [3.8, 4) is 0 Å². The molecule has 0 aliphatic carbocycles. The van der Waals surface area contributed by atoms with E-state index in [0.717, 1.165) is 12.8 Å². The Morgan fingerprint density at radius 3 is 2.00 bits per heavy atom. The highest BCUT2D eigenvalue weighted by atomic mass is 35.5. The molecule has 0 bridgehead atoms. The molecule has 0 saturated heterocycles. The Hall–Kier alpha value is -1.62. The zero-order chi connectivity index (χ0) is 19.9. The lowest BCUT2D eigenvalue weighted by molar-refractivity contribution is -0.384. The van der Waals surface area contributed by atoms with E-state index < -0.39 is 4.92 Å². The Labute approximate surface area is 168 Å². The van der Waals surface area contributed by atoms with Gasteiger partial charge in [0.25, 0.3) is 11.6 Å². The predicted molar refractivity (Wildman–Crippen MR) is 112 cm³/mol. The van der Waals surface area contributed by atoms with Gasteiger partial charge in [-0.2, -0.15) is 0 Å². The van der Waals surface area contributed by atoms with Crippen LogP contribution >= 0.6 is 11.6 Å². The van der Waals surface area contributed by atoms with Gasteiger partial charge in [0, 0.05) is 18.2 Å². The Balaban J connectivity index is 2.04. The number of nitro groups is 1. The number of unbranched alkanes of at least 4 members (excludes halogenated alkanes) is 11. The highest BCUT2D eigenvalue weighted by Crippen LogP contribution is 2.25. The van der Waals surface area contributed by atoms with Crippen LogP contribution < -0.4 is 5.32 Å². The molecular formula is C21H33ClN2O3. The molecule has 0 aromatic heterocycles. The van der Waals surface area contributed by atoms with Crippen molar-refractivity contribution in [2.45, 2.75) is 84.0 Å². The number of benzene rings is 1. The molecule has 0 fully saturated rings. The second-order valence-electron chi connectivity index (χ2n) is 7.07. The van der Waals surface area contributed by atoms with Gasteiger partial charge in [0.1, 0.15) is 5.02 Å². The highest BCUT2D eigenvalue weighted by Gasteiger charge is 2.15. The Bertz CT molecular complexity index is 579. The van der Waals surface area contributed by atoms with Crippen LogP contribution in [0.5, 0.6) is 0 Å². The molecule has 0 atom stereocenters. The SMILES string of the molecule is CCCCCCCCCCCCCCNC(=O)c1ccc(Cl)c([N+](=O)[O-])c1. The maximum atomic E-state index is 12.1. The average molecular weight is 397 g/mol. The average Bonchev–Trinajstić information content (AvgIpc) is 2.65. The van der Waals surface area contributed by atoms with E-state index in [2.05, 4.69) is 12.2 Å². The van der Waals surface area contributed by atoms with E-state index in [-0.39, 0.29) is 22.2 Å². The van der Waals surface area contributed by atoms with Crippen LogP contribution in [0.3, 0.4) is 0 Å². The standard InChI is InChI=1S/C21H33ClN2O3/c1-2-3-4-5-6-7-8-9-10-11-12-13-16-23-21(25)18-14-15-19(22)20(17-18)24(26)27/h14-15,17H,2-13,16H2,1H3,(H,23,25). The Morgan fingerprint density at radius 1 is 0.963 bits per heavy atom. The van der Waals surface area contributed by atoms with Crippen molar-refractivity contribution in [3.05, 3.63) is 38.9 Å². The summed E-state index contributed by atoms with van der Waals surface area (Å²) in [6, 6.07) is 4.12. The Morgan fingerprint density at radius 2 is 1.48 bits per heavy atom. The molecular weight excluding hydrogens is 364 g/mol. The largest absolute Gasteiger partial charge is 0.352 e. The summed E-state index contributed by atoms with van der Waals surface area (Å²) in [7, 11) is 0. The van der Waals surface area contributed by atoms with E-state index in [1.54, 1.807) is 0 Å². The first-order valence-electron chi connectivity index (χ1n) is 10.3. The zero-order valence-corrected chi connectivity index (χ0v) is 17.2. The molecule has 5 nitrogen and oxygen atoms in total. The van der Waals surface area contributed by atoms with Crippen molar-refractivity contribution in [3.63, 3.8) is 0 Å². The second kappa shape index (κ2) is 14.4. The van der Waals surface area contributed by atoms with Crippen LogP contribution in [0.2, 0.25) is 5.02 Å². The van der Waals surface area contributed by atoms with Gasteiger partial charge in [-0.15, -0.1) is 0 Å². The minimum Gasteiger partial charge on any atom is -0.352 e. The second-order valence-corrected chi connectivity index (χ2v) is 7.48. The number of halogens is 1. The van der Waals surface area contributed by atoms with Crippen molar-refractivity contribution < 1.29 is 9.72 Å². The molecule has 0 spiro atoms. The van der Waals surface area contributed by atoms with Gasteiger partial charge in [0.2, 0.25) is 0 Å². The molecule has 1 N–H and O–H groups in total. The van der Waals surface area contributed by atoms with Crippen LogP contribution in [0.25, 0.3) is 0 Å². The minimum absolute atomic E-state index is 0.0394. The molecule has 0 heterocycles. The van der Waals surface area contributed by atoms with Gasteiger partial charge in [0.05, 0.1) is 4.92 Å². The first kappa shape index (κ1) is 23.4. The smallest absolute Gasteiger partial charge is 0.288 e. The minimum atomic E-state index is -0.579. The Kier molecular flexibility index (Phi) is 12.5. The zero-order valence-electron chi connectivity index (χ0n) is 16.5. The lowest BCUT2D eigenvalue weighted by Crippen LogP contribution is -2.24. The van der Waals surface area contributed by atoms with E-state index in [1.807, 2.05) is 0 Å². The van der Waals surface area contributed by atoms with E-state index >= 15 is 0 Å². The van der Waals surface area contributed by atoms with Crippen LogP contribution in [-0.2, 0) is 0 Å². The van der Waals surface area contributed by atoms with Crippen molar-refractivity contribution in [2.75, 3.05) is 6.54 Å². The van der Waals surface area contributed by atoms with E-state index in [9.17, 15) is 14.9 Å². The molecule has 0 unspecified atom stereocenters. The summed E-state index contributed by atoms with van der Waals surface area (Å²) in [6.45, 7) is 2.84. The number of rotatable bonds is 15. The first-order valence-corrected chi connectivity index (χ1v) is 10.7. The molecule has 0 aliphatic heterocycles. The summed E-state index contributed by atoms with van der Waals surface area (Å²) in [5.41, 5.74) is 0.0275. The number of nitrogens with one attached hydrogen (secondary N) is 1. The fourth-order valence-electron chi connectivity index (χ4n) is 3.06. The van der Waals surface area contributed by atoms with Crippen LogP contribution in [-0.4, -0.2) is 17.4 Å². The third-order valence-corrected chi connectivity index (χ3v) is 5.04. The van der Waals surface area contributed by atoms with Gasteiger partial charge in [-0.05, 0) is 18.6 Å². The molecule has 27 heavy (non-hydrogen) atoms. The van der Waals surface area contributed by atoms with Crippen LogP contribution in [0, 0.1) is 10.1 Å². The van der Waals surface area contributed by atoms with E-state index in [0.29, 0.717) is 6.54 Å². The van der Waals surface area contributed by atoms with Gasteiger partial charge in [-0.3, -0.25) is 14.9 Å². The van der Waals surface area contributed by atoms with E-state index in [4.69, 9.17) is 11.6 Å². The van der Waals surface area contributed by atoms with Crippen molar-refractivity contribution >= 4 is 23.2 Å². The van der Waals surface area contributed by atoms with Crippen molar-refractivity contribution in [2.24, 2.45) is 0 Å². The monoisotopic (exact) mass is 396 g/mol. The summed E-state index contributed by atoms with van der Waals surface area (Å²) in [5, 5.41) is 13.7. The molecule has 152 valence electrons. The van der Waals surface area contributed by atoms with Crippen LogP contribution in [0.4, 0.5) is 5.69 Å². The third kappa shape index (κ3) is 10.3. The molecule has 1 aromatic carbocycles. The number of amides is 1. The molecule has 1 aromatic rings. The number of hydrogen-bond acceptors (Lipinski definition) is 3. The van der Waals surface area contributed by atoms with Gasteiger partial charge in [-0.1, -0.05) is 89.2 Å². The third-order valence-electron chi connectivity index (χ3n) is 4.72. The van der Waals surface area contributed by atoms with Gasteiger partial charge >= 0.3 is 0 Å². The summed E-state index contributed by atoms with van der Waals surface area (Å²) < 4.78 is 0. The summed E-state index contributed by atoms with van der Waals surface area (Å²) in [4.78, 5) is 22.3. The van der Waals surface area contributed by atoms with Crippen LogP contribution in [0.15, 0.2) is 18.2 Å². The highest BCUT2D eigenvalue weighted by molar-refractivity contribution is 6.32. The quantitative estimate of drug-likeness (QED) is 0.204. The molecule has 1 amide bonds. The number of carbonyl (C=O) groups is 1. The lowest BCUT2D eigenvalue weighted by Gasteiger charge is -2.06. The summed E-state index contributed by atoms with van der Waals surface area (Å²) >= 11 is 5.76. The summed E-state index contributed by atoms with van der Waals surface area (Å²) in [5.74, 6) is -0.294. The molecule has 0 saturated carbocycles. The van der Waals surface area contributed by atoms with Gasteiger partial charge < -0.3 is 5.32 Å². The number of nitrogens with zero attached hydrogens (tertiary/aromatic N) is 1. The molecule has 0 radical (unpaired) electrons. The normalized spacial score (nSPS) is 10.7. The van der Waals surface area contributed by atoms with Crippen molar-refractivity contribution in [1.29, 1.82) is 0 Å². The molecule has 6 heteroatoms. The first-order chi connectivity index (χ1) is 13.1. The molecule has 1 rings (SSSR count). The maximum Gasteiger partial charge on any atom is 0.288 e. The number of carbonyl (C=O) groups excluding carboxylic acids is 1.